The molecule has 0 fully saturated rings. The van der Waals surface area contributed by atoms with E-state index in [2.05, 4.69) is 62.4 Å². The van der Waals surface area contributed by atoms with Gasteiger partial charge in [0.1, 0.15) is 0 Å². The summed E-state index contributed by atoms with van der Waals surface area (Å²) in [5, 5.41) is 0. The van der Waals surface area contributed by atoms with Gasteiger partial charge in [0.25, 0.3) is 0 Å². The van der Waals surface area contributed by atoms with Gasteiger partial charge >= 0.3 is 18.9 Å². The van der Waals surface area contributed by atoms with Crippen molar-refractivity contribution in [2.45, 2.75) is 26.7 Å². The third kappa shape index (κ3) is 3.03. The van der Waals surface area contributed by atoms with Crippen LogP contribution in [0.25, 0.3) is 11.1 Å². The van der Waals surface area contributed by atoms with Crippen LogP contribution < -0.4 is 0 Å². The van der Waals surface area contributed by atoms with E-state index in [1.807, 2.05) is 0 Å². The van der Waals surface area contributed by atoms with E-state index >= 15 is 0 Å². The topological polar surface area (TPSA) is 0 Å². The number of hydrogen-bond donors (Lipinski definition) is 0. The van der Waals surface area contributed by atoms with Gasteiger partial charge in [-0.1, -0.05) is 62.4 Å². The average molecular weight is 218 g/mol. The zero-order valence-electron chi connectivity index (χ0n) is 10.0. The summed E-state index contributed by atoms with van der Waals surface area (Å²) in [4.78, 5) is 0. The Morgan fingerprint density at radius 2 is 1.00 bits per heavy atom. The molecule has 0 N–H and O–H groups in total. The first-order valence-electron chi connectivity index (χ1n) is 6.03. The van der Waals surface area contributed by atoms with Crippen LogP contribution in [0.1, 0.15) is 25.0 Å². The molecule has 0 nitrogen and oxygen atoms in total. The Kier molecular flexibility index (Phi) is 5.55. The number of hydrogen-bond acceptors (Lipinski definition) is 0. The van der Waals surface area contributed by atoms with Crippen LogP contribution in [-0.4, -0.2) is 18.9 Å². The summed E-state index contributed by atoms with van der Waals surface area (Å²) in [6.45, 7) is 4.43. The molecular weight excluding hydrogens is 199 g/mol. The van der Waals surface area contributed by atoms with E-state index in [0.717, 1.165) is 12.8 Å². The molecule has 0 aliphatic heterocycles. The van der Waals surface area contributed by atoms with Crippen molar-refractivity contribution in [3.05, 3.63) is 59.7 Å². The van der Waals surface area contributed by atoms with Crippen LogP contribution in [-0.2, 0) is 12.8 Å². The predicted octanol–water partition coefficient (Wildman–Crippen LogP) is 3.83. The molecule has 2 rings (SSSR count). The molecule has 0 atom stereocenters. The van der Waals surface area contributed by atoms with Crippen molar-refractivity contribution < 1.29 is 0 Å². The molecule has 0 heterocycles. The van der Waals surface area contributed by atoms with Crippen molar-refractivity contribution in [2.75, 3.05) is 0 Å². The maximum atomic E-state index is 2.23. The minimum atomic E-state index is 0. The van der Waals surface area contributed by atoms with Crippen molar-refractivity contribution in [1.29, 1.82) is 0 Å². The van der Waals surface area contributed by atoms with Crippen molar-refractivity contribution in [3.63, 3.8) is 0 Å². The molecule has 1 heteroatoms. The van der Waals surface area contributed by atoms with E-state index in [9.17, 15) is 0 Å². The molecule has 0 bridgehead atoms. The molecule has 0 radical (unpaired) electrons. The zero-order chi connectivity index (χ0) is 11.4. The second-order valence-corrected chi connectivity index (χ2v) is 4.02. The molecule has 0 unspecified atom stereocenters. The minimum absolute atomic E-state index is 0. The SMILES string of the molecule is CCc1ccccc1-c1ccccc1CC.[LiH]. The van der Waals surface area contributed by atoms with E-state index in [4.69, 9.17) is 0 Å². The Labute approximate surface area is 116 Å². The standard InChI is InChI=1S/C16H18.Li.H/c1-3-13-9-5-7-11-15(13)16-12-8-6-10-14(16)4-2;;/h5-12H,3-4H2,1-2H3;;. The average Bonchev–Trinajstić information content (AvgIpc) is 2.38. The Hall–Kier alpha value is -0.963. The molecule has 2 aromatic rings. The Bertz CT molecular complexity index is 429. The van der Waals surface area contributed by atoms with Gasteiger partial charge in [-0.15, -0.1) is 0 Å². The molecule has 0 saturated heterocycles. The van der Waals surface area contributed by atoms with Crippen molar-refractivity contribution in [2.24, 2.45) is 0 Å². The third-order valence-corrected chi connectivity index (χ3v) is 3.09. The molecule has 0 saturated carbocycles. The maximum absolute atomic E-state index is 2.23. The summed E-state index contributed by atoms with van der Waals surface area (Å²) in [6.07, 6.45) is 2.18. The van der Waals surface area contributed by atoms with Gasteiger partial charge in [0.05, 0.1) is 0 Å². The first-order chi connectivity index (χ1) is 7.86. The van der Waals surface area contributed by atoms with E-state index in [-0.39, 0.29) is 18.9 Å². The Morgan fingerprint density at radius 3 is 1.35 bits per heavy atom. The van der Waals surface area contributed by atoms with E-state index in [1.165, 1.54) is 22.3 Å². The van der Waals surface area contributed by atoms with Gasteiger partial charge < -0.3 is 0 Å². The van der Waals surface area contributed by atoms with Crippen molar-refractivity contribution in [1.82, 2.24) is 0 Å². The zero-order valence-corrected chi connectivity index (χ0v) is 10.0. The molecule has 17 heavy (non-hydrogen) atoms. The van der Waals surface area contributed by atoms with Crippen LogP contribution in [0.5, 0.6) is 0 Å². The second-order valence-electron chi connectivity index (χ2n) is 4.02. The first kappa shape index (κ1) is 14.1. The van der Waals surface area contributed by atoms with Crippen LogP contribution in [0, 0.1) is 0 Å². The predicted molar refractivity (Wildman–Crippen MR) is 77.8 cm³/mol. The van der Waals surface area contributed by atoms with E-state index < -0.39 is 0 Å². The van der Waals surface area contributed by atoms with E-state index in [1.54, 1.807) is 0 Å². The monoisotopic (exact) mass is 218 g/mol. The summed E-state index contributed by atoms with van der Waals surface area (Å²) in [6, 6.07) is 17.4. The van der Waals surface area contributed by atoms with Gasteiger partial charge in [0.2, 0.25) is 0 Å². The molecule has 0 spiro atoms. The Balaban J connectivity index is 0.00000144. The molecule has 84 valence electrons. The molecule has 2 aromatic carbocycles. The van der Waals surface area contributed by atoms with Gasteiger partial charge in [0, 0.05) is 0 Å². The first-order valence-corrected chi connectivity index (χ1v) is 6.03. The summed E-state index contributed by atoms with van der Waals surface area (Å²) in [5.41, 5.74) is 5.65. The quantitative estimate of drug-likeness (QED) is 0.687. The van der Waals surface area contributed by atoms with Gasteiger partial charge in [-0.05, 0) is 35.1 Å². The van der Waals surface area contributed by atoms with Crippen LogP contribution in [0.15, 0.2) is 48.5 Å². The summed E-state index contributed by atoms with van der Waals surface area (Å²) >= 11 is 0. The molecule has 0 aliphatic carbocycles. The summed E-state index contributed by atoms with van der Waals surface area (Å²) in [7, 11) is 0. The second kappa shape index (κ2) is 6.70. The van der Waals surface area contributed by atoms with E-state index in [0.29, 0.717) is 0 Å². The summed E-state index contributed by atoms with van der Waals surface area (Å²) in [5.74, 6) is 0. The van der Waals surface area contributed by atoms with Crippen LogP contribution in [0.4, 0.5) is 0 Å². The third-order valence-electron chi connectivity index (χ3n) is 3.09. The van der Waals surface area contributed by atoms with Crippen LogP contribution in [0.2, 0.25) is 0 Å². The fourth-order valence-corrected chi connectivity index (χ4v) is 2.18. The fourth-order valence-electron chi connectivity index (χ4n) is 2.18. The Morgan fingerprint density at radius 1 is 0.647 bits per heavy atom. The van der Waals surface area contributed by atoms with Crippen molar-refractivity contribution in [3.8, 4) is 11.1 Å². The van der Waals surface area contributed by atoms with Crippen LogP contribution >= 0.6 is 0 Å². The number of benzene rings is 2. The van der Waals surface area contributed by atoms with Gasteiger partial charge in [-0.25, -0.2) is 0 Å². The molecular formula is C16H19Li. The van der Waals surface area contributed by atoms with Gasteiger partial charge in [-0.3, -0.25) is 0 Å². The van der Waals surface area contributed by atoms with Crippen molar-refractivity contribution >= 4 is 18.9 Å². The number of aryl methyl sites for hydroxylation is 2. The van der Waals surface area contributed by atoms with Gasteiger partial charge in [0.15, 0.2) is 0 Å². The van der Waals surface area contributed by atoms with Crippen LogP contribution in [0.3, 0.4) is 0 Å². The molecule has 0 aromatic heterocycles. The number of rotatable bonds is 3. The normalized spacial score (nSPS) is 9.76. The molecule has 0 amide bonds. The molecule has 0 aliphatic rings. The van der Waals surface area contributed by atoms with Gasteiger partial charge in [-0.2, -0.15) is 0 Å². The summed E-state index contributed by atoms with van der Waals surface area (Å²) < 4.78 is 0. The fraction of sp³-hybridized carbons (Fsp3) is 0.250.